The largest absolute Gasteiger partial charge is 0.304 e. The van der Waals surface area contributed by atoms with Gasteiger partial charge in [-0.05, 0) is 19.5 Å². The molecule has 0 bridgehead atoms. The predicted octanol–water partition coefficient (Wildman–Crippen LogP) is 1.79. The first-order chi connectivity index (χ1) is 11.5. The van der Waals surface area contributed by atoms with Gasteiger partial charge in [0.15, 0.2) is 0 Å². The zero-order valence-electron chi connectivity index (χ0n) is 14.0. The molecule has 1 aromatic heterocycles. The summed E-state index contributed by atoms with van der Waals surface area (Å²) in [6.45, 7) is 5.82. The number of piperazine rings is 1. The van der Waals surface area contributed by atoms with Crippen molar-refractivity contribution in [1.29, 1.82) is 0 Å². The molecular weight excluding hydrogens is 326 g/mol. The summed E-state index contributed by atoms with van der Waals surface area (Å²) in [6.07, 6.45) is 0. The SMILES string of the molecule is Cc1nn(Cc2ccccc2)c(Cl)c1C(=O)NN1CCN(C)CC1. The molecule has 24 heavy (non-hydrogen) atoms. The molecule has 1 N–H and O–H groups in total. The number of rotatable bonds is 4. The van der Waals surface area contributed by atoms with Crippen LogP contribution in [-0.4, -0.2) is 58.8 Å². The van der Waals surface area contributed by atoms with E-state index in [0.29, 0.717) is 23.0 Å². The van der Waals surface area contributed by atoms with Crippen LogP contribution < -0.4 is 5.43 Å². The number of halogens is 1. The van der Waals surface area contributed by atoms with Gasteiger partial charge in [0.2, 0.25) is 0 Å². The number of carbonyl (C=O) groups is 1. The molecule has 0 unspecified atom stereocenters. The summed E-state index contributed by atoms with van der Waals surface area (Å²) < 4.78 is 1.67. The van der Waals surface area contributed by atoms with Crippen molar-refractivity contribution in [3.8, 4) is 0 Å². The molecule has 1 saturated heterocycles. The number of hydrogen-bond acceptors (Lipinski definition) is 4. The van der Waals surface area contributed by atoms with E-state index in [0.717, 1.165) is 31.7 Å². The maximum absolute atomic E-state index is 12.6. The van der Waals surface area contributed by atoms with Gasteiger partial charge in [0.25, 0.3) is 5.91 Å². The van der Waals surface area contributed by atoms with Crippen LogP contribution in [0, 0.1) is 6.92 Å². The topological polar surface area (TPSA) is 53.4 Å². The third-order valence-electron chi connectivity index (χ3n) is 4.23. The van der Waals surface area contributed by atoms with Crippen LogP contribution in [0.25, 0.3) is 0 Å². The minimum atomic E-state index is -0.193. The second kappa shape index (κ2) is 7.34. The van der Waals surface area contributed by atoms with Gasteiger partial charge in [-0.1, -0.05) is 41.9 Å². The summed E-state index contributed by atoms with van der Waals surface area (Å²) in [5, 5.41) is 6.74. The van der Waals surface area contributed by atoms with Crippen molar-refractivity contribution in [3.05, 3.63) is 52.3 Å². The summed E-state index contributed by atoms with van der Waals surface area (Å²) >= 11 is 6.43. The van der Waals surface area contributed by atoms with Crippen molar-refractivity contribution in [1.82, 2.24) is 25.1 Å². The van der Waals surface area contributed by atoms with E-state index in [1.165, 1.54) is 0 Å². The lowest BCUT2D eigenvalue weighted by molar-refractivity contribution is 0.0662. The Bertz CT molecular complexity index is 707. The molecule has 2 heterocycles. The van der Waals surface area contributed by atoms with Crippen molar-refractivity contribution in [3.63, 3.8) is 0 Å². The Morgan fingerprint density at radius 3 is 2.54 bits per heavy atom. The Balaban J connectivity index is 1.72. The zero-order valence-corrected chi connectivity index (χ0v) is 14.8. The summed E-state index contributed by atoms with van der Waals surface area (Å²) in [5.74, 6) is -0.193. The summed E-state index contributed by atoms with van der Waals surface area (Å²) in [7, 11) is 2.08. The summed E-state index contributed by atoms with van der Waals surface area (Å²) in [5.41, 5.74) is 5.13. The van der Waals surface area contributed by atoms with Gasteiger partial charge < -0.3 is 4.90 Å². The maximum atomic E-state index is 12.6. The molecule has 3 rings (SSSR count). The molecule has 6 nitrogen and oxygen atoms in total. The van der Waals surface area contributed by atoms with Crippen molar-refractivity contribution in [2.24, 2.45) is 0 Å². The molecule has 7 heteroatoms. The second-order valence-corrected chi connectivity index (χ2v) is 6.48. The molecule has 1 aliphatic heterocycles. The summed E-state index contributed by atoms with van der Waals surface area (Å²) in [6, 6.07) is 9.93. The molecule has 128 valence electrons. The van der Waals surface area contributed by atoms with Gasteiger partial charge in [-0.3, -0.25) is 10.2 Å². The highest BCUT2D eigenvalue weighted by atomic mass is 35.5. The first-order valence-electron chi connectivity index (χ1n) is 8.06. The molecular formula is C17H22ClN5O. The van der Waals surface area contributed by atoms with Crippen molar-refractivity contribution >= 4 is 17.5 Å². The third kappa shape index (κ3) is 3.77. The Morgan fingerprint density at radius 1 is 1.21 bits per heavy atom. The minimum absolute atomic E-state index is 0.193. The first kappa shape index (κ1) is 17.0. The average molecular weight is 348 g/mol. The Hall–Kier alpha value is -1.89. The number of benzene rings is 1. The first-order valence-corrected chi connectivity index (χ1v) is 8.43. The van der Waals surface area contributed by atoms with Crippen LogP contribution in [0.2, 0.25) is 5.15 Å². The van der Waals surface area contributed by atoms with Gasteiger partial charge in [-0.15, -0.1) is 0 Å². The van der Waals surface area contributed by atoms with Crippen molar-refractivity contribution in [2.75, 3.05) is 33.2 Å². The zero-order chi connectivity index (χ0) is 17.1. The molecule has 0 saturated carbocycles. The van der Waals surface area contributed by atoms with Gasteiger partial charge in [-0.2, -0.15) is 5.10 Å². The number of nitrogens with one attached hydrogen (secondary N) is 1. The molecule has 1 fully saturated rings. The molecule has 1 aromatic carbocycles. The van der Waals surface area contributed by atoms with E-state index in [1.54, 1.807) is 4.68 Å². The number of likely N-dealkylation sites (N-methyl/N-ethyl adjacent to an activating group) is 1. The van der Waals surface area contributed by atoms with Crippen molar-refractivity contribution in [2.45, 2.75) is 13.5 Å². The van der Waals surface area contributed by atoms with Crippen LogP contribution in [0.15, 0.2) is 30.3 Å². The van der Waals surface area contributed by atoms with E-state index in [-0.39, 0.29) is 5.91 Å². The highest BCUT2D eigenvalue weighted by molar-refractivity contribution is 6.33. The number of aryl methyl sites for hydroxylation is 1. The lowest BCUT2D eigenvalue weighted by Crippen LogP contribution is -2.52. The van der Waals surface area contributed by atoms with Gasteiger partial charge >= 0.3 is 0 Å². The fourth-order valence-electron chi connectivity index (χ4n) is 2.79. The monoisotopic (exact) mass is 347 g/mol. The van der Waals surface area contributed by atoms with E-state index >= 15 is 0 Å². The molecule has 1 aliphatic rings. The smallest absolute Gasteiger partial charge is 0.270 e. The molecule has 0 aliphatic carbocycles. The quantitative estimate of drug-likeness (QED) is 0.916. The Kier molecular flexibility index (Phi) is 5.18. The molecule has 0 atom stereocenters. The van der Waals surface area contributed by atoms with E-state index in [9.17, 15) is 4.79 Å². The van der Waals surface area contributed by atoms with Crippen LogP contribution in [0.4, 0.5) is 0 Å². The van der Waals surface area contributed by atoms with E-state index < -0.39 is 0 Å². The van der Waals surface area contributed by atoms with Gasteiger partial charge in [0, 0.05) is 26.2 Å². The van der Waals surface area contributed by atoms with Gasteiger partial charge in [-0.25, -0.2) is 9.69 Å². The molecule has 0 radical (unpaired) electrons. The van der Waals surface area contributed by atoms with Crippen LogP contribution in [0.5, 0.6) is 0 Å². The van der Waals surface area contributed by atoms with Crippen LogP contribution in [-0.2, 0) is 6.54 Å². The Morgan fingerprint density at radius 2 is 1.88 bits per heavy atom. The average Bonchev–Trinajstić information content (AvgIpc) is 2.84. The maximum Gasteiger partial charge on any atom is 0.270 e. The van der Waals surface area contributed by atoms with Crippen LogP contribution >= 0.6 is 11.6 Å². The number of nitrogens with zero attached hydrogens (tertiary/aromatic N) is 4. The normalized spacial score (nSPS) is 16.3. The number of aromatic nitrogens is 2. The third-order valence-corrected chi connectivity index (χ3v) is 4.61. The molecule has 1 amide bonds. The molecule has 0 spiro atoms. The lowest BCUT2D eigenvalue weighted by atomic mass is 10.2. The number of amides is 1. The number of carbonyl (C=O) groups excluding carboxylic acids is 1. The van der Waals surface area contributed by atoms with Gasteiger partial charge in [0.1, 0.15) is 10.7 Å². The van der Waals surface area contributed by atoms with E-state index in [1.807, 2.05) is 42.3 Å². The molecule has 2 aromatic rings. The standard InChI is InChI=1S/C17H22ClN5O/c1-13-15(17(24)20-22-10-8-21(2)9-11-22)16(18)23(19-13)12-14-6-4-3-5-7-14/h3-7H,8-12H2,1-2H3,(H,20,24). The number of hydrazine groups is 1. The number of hydrogen-bond donors (Lipinski definition) is 1. The van der Waals surface area contributed by atoms with Crippen molar-refractivity contribution < 1.29 is 4.79 Å². The minimum Gasteiger partial charge on any atom is -0.304 e. The second-order valence-electron chi connectivity index (χ2n) is 6.13. The van der Waals surface area contributed by atoms with Crippen LogP contribution in [0.1, 0.15) is 21.6 Å². The predicted molar refractivity (Wildman–Crippen MR) is 94.1 cm³/mol. The highest BCUT2D eigenvalue weighted by Gasteiger charge is 2.23. The van der Waals surface area contributed by atoms with E-state index in [2.05, 4.69) is 22.5 Å². The lowest BCUT2D eigenvalue weighted by Gasteiger charge is -2.32. The van der Waals surface area contributed by atoms with E-state index in [4.69, 9.17) is 11.6 Å². The van der Waals surface area contributed by atoms with Crippen LogP contribution in [0.3, 0.4) is 0 Å². The fraction of sp³-hybridized carbons (Fsp3) is 0.412. The van der Waals surface area contributed by atoms with Gasteiger partial charge in [0.05, 0.1) is 12.2 Å². The highest BCUT2D eigenvalue weighted by Crippen LogP contribution is 2.21. The Labute approximate surface area is 147 Å². The fourth-order valence-corrected chi connectivity index (χ4v) is 3.11. The summed E-state index contributed by atoms with van der Waals surface area (Å²) in [4.78, 5) is 14.8.